The molecule has 0 atom stereocenters. The smallest absolute Gasteiger partial charge is 0.339 e. The lowest BCUT2D eigenvalue weighted by Crippen LogP contribution is -2.09. The standard InChI is InChI=1S/C13H16N4O2/c1-7-10(13(18)19)11(14)9-6-15-17(12(9)16-7)5-4-8-2-3-8/h6,8H,2-5H2,1H3,(H2,14,16)(H,18,19). The van der Waals surface area contributed by atoms with E-state index in [4.69, 9.17) is 10.8 Å². The van der Waals surface area contributed by atoms with Crippen LogP contribution in [0.5, 0.6) is 0 Å². The summed E-state index contributed by atoms with van der Waals surface area (Å²) in [4.78, 5) is 15.5. The van der Waals surface area contributed by atoms with Crippen molar-refractivity contribution in [3.63, 3.8) is 0 Å². The van der Waals surface area contributed by atoms with Crippen LogP contribution in [0.1, 0.15) is 35.3 Å². The number of fused-ring (bicyclic) bond motifs is 1. The van der Waals surface area contributed by atoms with Gasteiger partial charge in [-0.25, -0.2) is 14.5 Å². The lowest BCUT2D eigenvalue weighted by atomic mass is 10.1. The van der Waals surface area contributed by atoms with E-state index in [1.54, 1.807) is 13.1 Å². The minimum atomic E-state index is -1.05. The lowest BCUT2D eigenvalue weighted by Gasteiger charge is -2.07. The Labute approximate surface area is 110 Å². The Balaban J connectivity index is 2.05. The summed E-state index contributed by atoms with van der Waals surface area (Å²) in [5, 5.41) is 14.1. The predicted molar refractivity (Wildman–Crippen MR) is 71.0 cm³/mol. The molecule has 3 N–H and O–H groups in total. The summed E-state index contributed by atoms with van der Waals surface area (Å²) in [7, 11) is 0. The number of nitrogen functional groups attached to an aromatic ring is 1. The van der Waals surface area contributed by atoms with Crippen LogP contribution in [0.3, 0.4) is 0 Å². The number of pyridine rings is 1. The molecule has 0 radical (unpaired) electrons. The predicted octanol–water partition coefficient (Wildman–Crippen LogP) is 1.82. The van der Waals surface area contributed by atoms with Crippen molar-refractivity contribution in [1.29, 1.82) is 0 Å². The first kappa shape index (κ1) is 12.0. The van der Waals surface area contributed by atoms with Crippen LogP contribution in [0.25, 0.3) is 11.0 Å². The molecule has 6 nitrogen and oxygen atoms in total. The number of nitrogens with two attached hydrogens (primary N) is 1. The third-order valence-electron chi connectivity index (χ3n) is 3.67. The van der Waals surface area contributed by atoms with Crippen LogP contribution in [0.2, 0.25) is 0 Å². The molecule has 1 aliphatic rings. The number of hydrogen-bond donors (Lipinski definition) is 2. The van der Waals surface area contributed by atoms with Gasteiger partial charge in [-0.05, 0) is 19.3 Å². The van der Waals surface area contributed by atoms with Crippen molar-refractivity contribution in [2.45, 2.75) is 32.7 Å². The van der Waals surface area contributed by atoms with E-state index in [1.165, 1.54) is 12.8 Å². The number of carbonyl (C=O) groups is 1. The fourth-order valence-electron chi connectivity index (χ4n) is 2.38. The quantitative estimate of drug-likeness (QED) is 0.874. The Hall–Kier alpha value is -2.11. The summed E-state index contributed by atoms with van der Waals surface area (Å²) in [6.45, 7) is 2.48. The molecule has 1 fully saturated rings. The number of nitrogens with zero attached hydrogens (tertiary/aromatic N) is 3. The fourth-order valence-corrected chi connectivity index (χ4v) is 2.38. The number of rotatable bonds is 4. The number of carboxylic acid groups (broad SMARTS) is 1. The molecule has 2 aromatic heterocycles. The average molecular weight is 260 g/mol. The number of aryl methyl sites for hydroxylation is 2. The molecule has 0 bridgehead atoms. The van der Waals surface area contributed by atoms with Crippen molar-refractivity contribution < 1.29 is 9.90 Å². The van der Waals surface area contributed by atoms with Crippen LogP contribution < -0.4 is 5.73 Å². The van der Waals surface area contributed by atoms with Gasteiger partial charge in [0.15, 0.2) is 5.65 Å². The monoisotopic (exact) mass is 260 g/mol. The van der Waals surface area contributed by atoms with Gasteiger partial charge in [-0.2, -0.15) is 5.10 Å². The molecule has 0 unspecified atom stereocenters. The summed E-state index contributed by atoms with van der Waals surface area (Å²) in [6, 6.07) is 0. The molecule has 100 valence electrons. The van der Waals surface area contributed by atoms with Gasteiger partial charge >= 0.3 is 5.97 Å². The molecular weight excluding hydrogens is 244 g/mol. The highest BCUT2D eigenvalue weighted by molar-refractivity contribution is 6.03. The van der Waals surface area contributed by atoms with E-state index >= 15 is 0 Å². The molecule has 2 heterocycles. The largest absolute Gasteiger partial charge is 0.478 e. The van der Waals surface area contributed by atoms with E-state index < -0.39 is 5.97 Å². The molecule has 0 spiro atoms. The van der Waals surface area contributed by atoms with Crippen LogP contribution in [0, 0.1) is 12.8 Å². The molecule has 0 saturated heterocycles. The molecule has 2 aromatic rings. The maximum absolute atomic E-state index is 11.2. The van der Waals surface area contributed by atoms with E-state index in [2.05, 4.69) is 10.1 Å². The van der Waals surface area contributed by atoms with Crippen molar-refractivity contribution in [3.8, 4) is 0 Å². The Morgan fingerprint density at radius 1 is 1.58 bits per heavy atom. The first-order chi connectivity index (χ1) is 9.08. The summed E-state index contributed by atoms with van der Waals surface area (Å²) < 4.78 is 1.82. The van der Waals surface area contributed by atoms with Gasteiger partial charge in [0.1, 0.15) is 5.56 Å². The van der Waals surface area contributed by atoms with E-state index in [0.717, 1.165) is 18.9 Å². The van der Waals surface area contributed by atoms with Gasteiger partial charge in [-0.3, -0.25) is 0 Å². The van der Waals surface area contributed by atoms with E-state index in [-0.39, 0.29) is 11.3 Å². The molecule has 1 saturated carbocycles. The Kier molecular flexibility index (Phi) is 2.66. The minimum absolute atomic E-state index is 0.0780. The van der Waals surface area contributed by atoms with Gasteiger partial charge in [0.25, 0.3) is 0 Å². The normalized spacial score (nSPS) is 15.0. The molecule has 3 rings (SSSR count). The molecular formula is C13H16N4O2. The number of aromatic carboxylic acids is 1. The molecule has 0 amide bonds. The second-order valence-corrected chi connectivity index (χ2v) is 5.13. The first-order valence-electron chi connectivity index (χ1n) is 6.43. The van der Waals surface area contributed by atoms with Crippen molar-refractivity contribution in [3.05, 3.63) is 17.5 Å². The first-order valence-corrected chi connectivity index (χ1v) is 6.43. The lowest BCUT2D eigenvalue weighted by molar-refractivity contribution is 0.0697. The number of aromatic nitrogens is 3. The van der Waals surface area contributed by atoms with Gasteiger partial charge in [0.2, 0.25) is 0 Å². The van der Waals surface area contributed by atoms with Crippen LogP contribution in [0.15, 0.2) is 6.20 Å². The third-order valence-corrected chi connectivity index (χ3v) is 3.67. The third kappa shape index (κ3) is 2.03. The highest BCUT2D eigenvalue weighted by Gasteiger charge is 2.22. The van der Waals surface area contributed by atoms with E-state index in [1.807, 2.05) is 4.68 Å². The SMILES string of the molecule is Cc1nc2c(cnn2CCC2CC2)c(N)c1C(=O)O. The maximum atomic E-state index is 11.2. The fraction of sp³-hybridized carbons (Fsp3) is 0.462. The van der Waals surface area contributed by atoms with Gasteiger partial charge < -0.3 is 10.8 Å². The zero-order valence-corrected chi connectivity index (χ0v) is 10.8. The number of hydrogen-bond acceptors (Lipinski definition) is 4. The second kappa shape index (κ2) is 4.22. The van der Waals surface area contributed by atoms with Gasteiger partial charge in [-0.1, -0.05) is 12.8 Å². The maximum Gasteiger partial charge on any atom is 0.339 e. The van der Waals surface area contributed by atoms with Crippen LogP contribution in [-0.2, 0) is 6.54 Å². The van der Waals surface area contributed by atoms with Crippen LogP contribution in [-0.4, -0.2) is 25.8 Å². The highest BCUT2D eigenvalue weighted by atomic mass is 16.4. The van der Waals surface area contributed by atoms with Crippen molar-refractivity contribution in [2.24, 2.45) is 5.92 Å². The Morgan fingerprint density at radius 2 is 2.32 bits per heavy atom. The Bertz CT molecular complexity index is 658. The van der Waals surface area contributed by atoms with Gasteiger partial charge in [-0.15, -0.1) is 0 Å². The van der Waals surface area contributed by atoms with Crippen LogP contribution in [0.4, 0.5) is 5.69 Å². The zero-order valence-electron chi connectivity index (χ0n) is 10.8. The summed E-state index contributed by atoms with van der Waals surface area (Å²) in [5.41, 5.74) is 7.38. The van der Waals surface area contributed by atoms with E-state index in [0.29, 0.717) is 16.7 Å². The number of anilines is 1. The molecule has 0 aromatic carbocycles. The van der Waals surface area contributed by atoms with Gasteiger partial charge in [0.05, 0.1) is 23.0 Å². The van der Waals surface area contributed by atoms with Crippen molar-refractivity contribution in [2.75, 3.05) is 5.73 Å². The zero-order chi connectivity index (χ0) is 13.6. The second-order valence-electron chi connectivity index (χ2n) is 5.13. The summed E-state index contributed by atoms with van der Waals surface area (Å²) in [6.07, 6.45) is 5.31. The summed E-state index contributed by atoms with van der Waals surface area (Å²) in [5.74, 6) is -0.230. The average Bonchev–Trinajstić information content (AvgIpc) is 3.07. The molecule has 0 aliphatic heterocycles. The highest BCUT2D eigenvalue weighted by Crippen LogP contribution is 2.33. The van der Waals surface area contributed by atoms with Crippen molar-refractivity contribution >= 4 is 22.7 Å². The summed E-state index contributed by atoms with van der Waals surface area (Å²) >= 11 is 0. The van der Waals surface area contributed by atoms with Crippen molar-refractivity contribution in [1.82, 2.24) is 14.8 Å². The van der Waals surface area contributed by atoms with E-state index in [9.17, 15) is 4.79 Å². The van der Waals surface area contributed by atoms with Gasteiger partial charge in [0, 0.05) is 6.54 Å². The number of carboxylic acids is 1. The minimum Gasteiger partial charge on any atom is -0.478 e. The molecule has 1 aliphatic carbocycles. The topological polar surface area (TPSA) is 94.0 Å². The Morgan fingerprint density at radius 3 is 2.95 bits per heavy atom. The molecule has 6 heteroatoms. The molecule has 19 heavy (non-hydrogen) atoms. The van der Waals surface area contributed by atoms with Crippen LogP contribution >= 0.6 is 0 Å².